The van der Waals surface area contributed by atoms with Crippen LogP contribution in [0.25, 0.3) is 0 Å². The molecule has 2 fully saturated rings. The average molecular weight is 402 g/mol. The van der Waals surface area contributed by atoms with E-state index in [0.717, 1.165) is 49.7 Å². The predicted molar refractivity (Wildman–Crippen MR) is 97.8 cm³/mol. The van der Waals surface area contributed by atoms with E-state index in [0.29, 0.717) is 11.5 Å². The Bertz CT molecular complexity index is 674. The Hall–Kier alpha value is -1.59. The van der Waals surface area contributed by atoms with E-state index in [1.54, 1.807) is 0 Å². The van der Waals surface area contributed by atoms with Gasteiger partial charge < -0.3 is 4.74 Å². The first kappa shape index (κ1) is 21.1. The molecule has 28 heavy (non-hydrogen) atoms. The van der Waals surface area contributed by atoms with Crippen LogP contribution in [0.3, 0.4) is 0 Å². The van der Waals surface area contributed by atoms with E-state index in [1.165, 1.54) is 32.1 Å². The monoisotopic (exact) mass is 402 g/mol. The Morgan fingerprint density at radius 2 is 1.36 bits per heavy atom. The summed E-state index contributed by atoms with van der Waals surface area (Å²) in [5.41, 5.74) is 0.487. The summed E-state index contributed by atoms with van der Waals surface area (Å²) in [5, 5.41) is 0. The quantitative estimate of drug-likeness (QED) is 0.360. The molecule has 0 amide bonds. The van der Waals surface area contributed by atoms with E-state index in [1.807, 2.05) is 0 Å². The lowest BCUT2D eigenvalue weighted by Crippen LogP contribution is -2.25. The molecule has 156 valence electrons. The molecule has 1 aromatic carbocycles. The van der Waals surface area contributed by atoms with Crippen LogP contribution in [-0.4, -0.2) is 0 Å². The van der Waals surface area contributed by atoms with Gasteiger partial charge in [-0.3, -0.25) is 0 Å². The van der Waals surface area contributed by atoms with Gasteiger partial charge in [-0.05, 0) is 79.9 Å². The molecule has 1 nitrogen and oxygen atoms in total. The zero-order valence-corrected chi connectivity index (χ0v) is 16.1. The second-order valence-corrected chi connectivity index (χ2v) is 8.25. The fraction of sp³-hybridized carbons (Fsp3) is 0.636. The summed E-state index contributed by atoms with van der Waals surface area (Å²) < 4.78 is 69.4. The highest BCUT2D eigenvalue weighted by Gasteiger charge is 2.31. The third-order valence-electron chi connectivity index (χ3n) is 6.74. The molecule has 0 aliphatic heterocycles. The van der Waals surface area contributed by atoms with Crippen LogP contribution in [0.1, 0.15) is 76.2 Å². The third-order valence-corrected chi connectivity index (χ3v) is 6.74. The lowest BCUT2D eigenvalue weighted by Gasteiger charge is -2.38. The summed E-state index contributed by atoms with van der Waals surface area (Å²) in [6.45, 7) is 2.25. The van der Waals surface area contributed by atoms with Crippen molar-refractivity contribution >= 4 is 0 Å². The molecule has 1 aromatic rings. The van der Waals surface area contributed by atoms with Crippen LogP contribution in [0.2, 0.25) is 0 Å². The molecule has 6 heteroatoms. The van der Waals surface area contributed by atoms with E-state index in [9.17, 15) is 22.0 Å². The Kier molecular flexibility index (Phi) is 7.00. The van der Waals surface area contributed by atoms with E-state index >= 15 is 0 Å². The van der Waals surface area contributed by atoms with Gasteiger partial charge in [0.1, 0.15) is 0 Å². The number of halogens is 5. The van der Waals surface area contributed by atoms with Crippen LogP contribution in [0, 0.1) is 29.4 Å². The van der Waals surface area contributed by atoms with Gasteiger partial charge in [-0.1, -0.05) is 26.2 Å². The normalized spacial score (nSPS) is 28.1. The van der Waals surface area contributed by atoms with Gasteiger partial charge >= 0.3 is 12.1 Å². The maximum Gasteiger partial charge on any atom is 0.344 e. The predicted octanol–water partition coefficient (Wildman–Crippen LogP) is 7.87. The van der Waals surface area contributed by atoms with Crippen molar-refractivity contribution in [3.05, 3.63) is 41.4 Å². The molecule has 0 atom stereocenters. The lowest BCUT2D eigenvalue weighted by atomic mass is 9.68. The minimum atomic E-state index is -2.76. The third kappa shape index (κ3) is 4.87. The molecule has 2 saturated carbocycles. The van der Waals surface area contributed by atoms with Crippen LogP contribution in [-0.2, 0) is 0 Å². The van der Waals surface area contributed by atoms with E-state index in [4.69, 9.17) is 0 Å². The minimum Gasteiger partial charge on any atom is -0.422 e. The molecule has 2 aliphatic carbocycles. The number of benzene rings is 1. The second kappa shape index (κ2) is 9.27. The first-order chi connectivity index (χ1) is 13.4. The van der Waals surface area contributed by atoms with Crippen molar-refractivity contribution in [1.82, 2.24) is 0 Å². The van der Waals surface area contributed by atoms with E-state index in [-0.39, 0.29) is 5.92 Å². The van der Waals surface area contributed by atoms with Crippen molar-refractivity contribution < 1.29 is 26.7 Å². The summed E-state index contributed by atoms with van der Waals surface area (Å²) in [7, 11) is 0. The van der Waals surface area contributed by atoms with Crippen LogP contribution < -0.4 is 4.74 Å². The van der Waals surface area contributed by atoms with Crippen LogP contribution in [0.5, 0.6) is 5.75 Å². The fourth-order valence-electron chi connectivity index (χ4n) is 5.03. The Labute approximate surface area is 163 Å². The Balaban J connectivity index is 1.61. The van der Waals surface area contributed by atoms with Crippen molar-refractivity contribution in [2.24, 2.45) is 17.8 Å². The largest absolute Gasteiger partial charge is 0.422 e. The first-order valence-corrected chi connectivity index (χ1v) is 10.3. The summed E-state index contributed by atoms with van der Waals surface area (Å²) in [6, 6.07) is -0.123. The van der Waals surface area contributed by atoms with Crippen molar-refractivity contribution in [3.8, 4) is 5.75 Å². The molecule has 0 aromatic heterocycles. The van der Waals surface area contributed by atoms with Crippen molar-refractivity contribution in [1.29, 1.82) is 0 Å². The van der Waals surface area contributed by atoms with Gasteiger partial charge in [-0.15, -0.1) is 0 Å². The Morgan fingerprint density at radius 3 is 1.82 bits per heavy atom. The number of ether oxygens (including phenoxy) is 1. The molecular weight excluding hydrogens is 375 g/mol. The van der Waals surface area contributed by atoms with Crippen LogP contribution >= 0.6 is 0 Å². The van der Waals surface area contributed by atoms with Crippen molar-refractivity contribution in [2.45, 2.75) is 70.6 Å². The van der Waals surface area contributed by atoms with Gasteiger partial charge in [0, 0.05) is 0 Å². The molecule has 0 unspecified atom stereocenters. The molecule has 0 heterocycles. The smallest absolute Gasteiger partial charge is 0.344 e. The Morgan fingerprint density at radius 1 is 0.857 bits per heavy atom. The average Bonchev–Trinajstić information content (AvgIpc) is 2.70. The highest BCUT2D eigenvalue weighted by molar-refractivity contribution is 5.34. The molecular formula is C22H27F5O. The lowest BCUT2D eigenvalue weighted by molar-refractivity contribution is 0.158. The van der Waals surface area contributed by atoms with Crippen molar-refractivity contribution in [2.75, 3.05) is 0 Å². The van der Waals surface area contributed by atoms with Gasteiger partial charge in [-0.2, -0.15) is 13.2 Å². The maximum absolute atomic E-state index is 14.1. The molecule has 3 rings (SSSR count). The first-order valence-electron chi connectivity index (χ1n) is 10.3. The van der Waals surface area contributed by atoms with Crippen LogP contribution in [0.15, 0.2) is 24.2 Å². The summed E-state index contributed by atoms with van der Waals surface area (Å²) in [5.74, 6) is -1.12. The van der Waals surface area contributed by atoms with Gasteiger partial charge in [0.25, 0.3) is 0 Å². The van der Waals surface area contributed by atoms with Crippen LogP contribution in [0.4, 0.5) is 22.0 Å². The zero-order valence-electron chi connectivity index (χ0n) is 16.1. The zero-order chi connectivity index (χ0) is 20.3. The van der Waals surface area contributed by atoms with E-state index < -0.39 is 29.5 Å². The molecule has 0 N–H and O–H groups in total. The standard InChI is InChI=1S/C22H27F5O/c1-2-13-3-5-14(6-4-13)15-7-9-16(10-8-15)17-11-18(23)20(19(24)12-17)28-22(27)21(25)26/h11-16H,2-10H2,1H3. The minimum absolute atomic E-state index is 0.0274. The fourth-order valence-corrected chi connectivity index (χ4v) is 5.03. The van der Waals surface area contributed by atoms with E-state index in [2.05, 4.69) is 11.7 Å². The van der Waals surface area contributed by atoms with Gasteiger partial charge in [-0.25, -0.2) is 8.78 Å². The number of rotatable bonds is 5. The highest BCUT2D eigenvalue weighted by Crippen LogP contribution is 2.45. The van der Waals surface area contributed by atoms with Crippen molar-refractivity contribution in [3.63, 3.8) is 0 Å². The second-order valence-electron chi connectivity index (χ2n) is 8.25. The van der Waals surface area contributed by atoms with Gasteiger partial charge in [0.05, 0.1) is 0 Å². The molecule has 0 radical (unpaired) electrons. The molecule has 2 aliphatic rings. The summed E-state index contributed by atoms with van der Waals surface area (Å²) in [6.07, 6.45) is 7.47. The molecule has 0 bridgehead atoms. The highest BCUT2D eigenvalue weighted by atomic mass is 19.3. The van der Waals surface area contributed by atoms with Gasteiger partial charge in [0.15, 0.2) is 11.6 Å². The molecule has 0 spiro atoms. The molecule has 0 saturated heterocycles. The van der Waals surface area contributed by atoms with Gasteiger partial charge in [0.2, 0.25) is 5.75 Å². The number of hydrogen-bond acceptors (Lipinski definition) is 1. The SMILES string of the molecule is CCC1CCC(C2CCC(c3cc(F)c(OC(F)=C(F)F)c(F)c3)CC2)CC1. The maximum atomic E-state index is 14.1. The number of hydrogen-bond donors (Lipinski definition) is 0. The topological polar surface area (TPSA) is 9.23 Å². The summed E-state index contributed by atoms with van der Waals surface area (Å²) in [4.78, 5) is 0. The summed E-state index contributed by atoms with van der Waals surface area (Å²) >= 11 is 0.